The molecule has 0 aliphatic heterocycles. The lowest BCUT2D eigenvalue weighted by Crippen LogP contribution is -2.24. The monoisotopic (exact) mass is 643 g/mol. The van der Waals surface area contributed by atoms with E-state index in [0.29, 0.717) is 24.3 Å². The predicted molar refractivity (Wildman–Crippen MR) is 122 cm³/mol. The van der Waals surface area contributed by atoms with Crippen LogP contribution in [0.4, 0.5) is 55.8 Å². The fourth-order valence-corrected chi connectivity index (χ4v) is 4.31. The van der Waals surface area contributed by atoms with Crippen LogP contribution >= 0.6 is 46.4 Å². The Morgan fingerprint density at radius 1 is 0.769 bits per heavy atom. The number of benzene rings is 2. The van der Waals surface area contributed by atoms with Crippen LogP contribution in [0.3, 0.4) is 0 Å². The number of hydrogen-bond acceptors (Lipinski definition) is 3. The minimum Gasteiger partial charge on any atom is -0.305 e. The van der Waals surface area contributed by atoms with Crippen LogP contribution in [0.1, 0.15) is 22.4 Å². The summed E-state index contributed by atoms with van der Waals surface area (Å²) in [5, 5.41) is 12.9. The number of nitrogens with one attached hydrogen (secondary N) is 2. The summed E-state index contributed by atoms with van der Waals surface area (Å²) < 4.78 is 120. The van der Waals surface area contributed by atoms with E-state index in [4.69, 9.17) is 46.4 Å². The molecular formula is C20H6Cl4F9N5O. The van der Waals surface area contributed by atoms with Gasteiger partial charge in [-0.25, -0.2) is 9.48 Å². The van der Waals surface area contributed by atoms with Crippen LogP contribution in [0, 0.1) is 11.3 Å². The number of alkyl halides is 9. The van der Waals surface area contributed by atoms with E-state index in [2.05, 4.69) is 5.10 Å². The van der Waals surface area contributed by atoms with Crippen molar-refractivity contribution >= 4 is 63.9 Å². The Morgan fingerprint density at radius 3 is 1.59 bits per heavy atom. The second-order valence-electron chi connectivity index (χ2n) is 7.27. The maximum absolute atomic E-state index is 13.9. The molecule has 3 aromatic rings. The summed E-state index contributed by atoms with van der Waals surface area (Å²) in [5.74, 6) is -1.33. The molecule has 0 saturated heterocycles. The van der Waals surface area contributed by atoms with Crippen molar-refractivity contribution in [2.45, 2.75) is 18.5 Å². The van der Waals surface area contributed by atoms with Crippen LogP contribution in [0.15, 0.2) is 24.3 Å². The van der Waals surface area contributed by atoms with Gasteiger partial charge in [-0.15, -0.1) is 0 Å². The molecule has 0 aliphatic rings. The fraction of sp³-hybridized carbons (Fsp3) is 0.150. The van der Waals surface area contributed by atoms with Gasteiger partial charge in [-0.3, -0.25) is 5.32 Å². The molecule has 39 heavy (non-hydrogen) atoms. The van der Waals surface area contributed by atoms with Crippen molar-refractivity contribution in [3.8, 4) is 11.8 Å². The van der Waals surface area contributed by atoms with Crippen LogP contribution in [-0.2, 0) is 18.5 Å². The van der Waals surface area contributed by atoms with Crippen molar-refractivity contribution in [1.82, 2.24) is 9.78 Å². The number of nitrogens with zero attached hydrogens (tertiary/aromatic N) is 3. The van der Waals surface area contributed by atoms with Gasteiger partial charge in [0, 0.05) is 0 Å². The largest absolute Gasteiger partial charge is 0.422 e. The maximum Gasteiger partial charge on any atom is 0.422 e. The fourth-order valence-electron chi connectivity index (χ4n) is 3.08. The zero-order valence-electron chi connectivity index (χ0n) is 18.0. The number of carbonyl (C=O) groups excluding carboxylic acids is 1. The molecule has 0 bridgehead atoms. The minimum absolute atomic E-state index is 0.168. The number of rotatable bonds is 3. The van der Waals surface area contributed by atoms with Gasteiger partial charge in [0.2, 0.25) is 0 Å². The Labute approximate surface area is 230 Å². The van der Waals surface area contributed by atoms with Gasteiger partial charge < -0.3 is 5.32 Å². The standard InChI is InChI=1S/C20H6Cl4F9N5O/c21-8-1-6(18(25,26)27)2-9(22)14(8)35-17(39)36-16-13(20(31,32)33)12(5-34)37-38(16)15-10(23)3-7(4-11(15)24)19(28,29)30/h1-4H,(H2,35,36,39). The summed E-state index contributed by atoms with van der Waals surface area (Å²) in [4.78, 5) is 12.6. The number of anilines is 2. The number of hydrogen-bond donors (Lipinski definition) is 2. The van der Waals surface area contributed by atoms with Crippen molar-refractivity contribution in [2.75, 3.05) is 10.6 Å². The number of aromatic nitrogens is 2. The summed E-state index contributed by atoms with van der Waals surface area (Å²) >= 11 is 23.2. The zero-order chi connectivity index (χ0) is 29.7. The Balaban J connectivity index is 2.15. The molecule has 1 heterocycles. The summed E-state index contributed by atoms with van der Waals surface area (Å²) in [5.41, 5.74) is -7.28. The Kier molecular flexibility index (Phi) is 8.20. The highest BCUT2D eigenvalue weighted by Crippen LogP contribution is 2.43. The number of halogens is 13. The number of carbonyl (C=O) groups is 1. The average Bonchev–Trinajstić information content (AvgIpc) is 3.12. The first-order valence-electron chi connectivity index (χ1n) is 9.56. The highest BCUT2D eigenvalue weighted by molar-refractivity contribution is 6.40. The number of amides is 2. The highest BCUT2D eigenvalue weighted by atomic mass is 35.5. The van der Waals surface area contributed by atoms with Crippen molar-refractivity contribution in [3.05, 3.63) is 66.7 Å². The van der Waals surface area contributed by atoms with E-state index in [1.165, 1.54) is 0 Å². The molecule has 1 aromatic heterocycles. The summed E-state index contributed by atoms with van der Waals surface area (Å²) in [6.07, 6.45) is -15.2. The third-order valence-electron chi connectivity index (χ3n) is 4.67. The molecule has 3 rings (SSSR count). The van der Waals surface area contributed by atoms with Gasteiger partial charge in [-0.05, 0) is 24.3 Å². The van der Waals surface area contributed by atoms with Crippen LogP contribution in [0.2, 0.25) is 20.1 Å². The highest BCUT2D eigenvalue weighted by Gasteiger charge is 2.42. The molecule has 0 fully saturated rings. The normalized spacial score (nSPS) is 12.3. The third kappa shape index (κ3) is 6.40. The van der Waals surface area contributed by atoms with Crippen molar-refractivity contribution in [1.29, 1.82) is 5.26 Å². The van der Waals surface area contributed by atoms with E-state index < -0.39 is 84.2 Å². The Hall–Kier alpha value is -3.06. The molecule has 6 nitrogen and oxygen atoms in total. The molecule has 0 spiro atoms. The lowest BCUT2D eigenvalue weighted by molar-refractivity contribution is -0.138. The molecule has 0 radical (unpaired) electrons. The van der Waals surface area contributed by atoms with E-state index in [1.54, 1.807) is 5.32 Å². The molecule has 0 atom stereocenters. The van der Waals surface area contributed by atoms with Gasteiger partial charge in [-0.2, -0.15) is 49.9 Å². The van der Waals surface area contributed by atoms with Crippen molar-refractivity contribution < 1.29 is 44.3 Å². The predicted octanol–water partition coefficient (Wildman–Crippen LogP) is 9.06. The molecule has 2 N–H and O–H groups in total. The Bertz CT molecular complexity index is 1460. The van der Waals surface area contributed by atoms with Gasteiger partial charge in [0.1, 0.15) is 17.3 Å². The van der Waals surface area contributed by atoms with E-state index in [0.717, 1.165) is 6.07 Å². The third-order valence-corrected chi connectivity index (χ3v) is 5.84. The zero-order valence-corrected chi connectivity index (χ0v) is 21.0. The first kappa shape index (κ1) is 30.5. The molecule has 2 aromatic carbocycles. The van der Waals surface area contributed by atoms with E-state index in [1.807, 2.05) is 5.32 Å². The molecular weight excluding hydrogens is 639 g/mol. The average molecular weight is 645 g/mol. The number of nitriles is 1. The summed E-state index contributed by atoms with van der Waals surface area (Å²) in [7, 11) is 0. The first-order chi connectivity index (χ1) is 17.8. The lowest BCUT2D eigenvalue weighted by Gasteiger charge is -2.17. The van der Waals surface area contributed by atoms with Crippen LogP contribution in [0.5, 0.6) is 0 Å². The molecule has 2 amide bonds. The quantitative estimate of drug-likeness (QED) is 0.279. The van der Waals surface area contributed by atoms with Gasteiger partial charge in [0.15, 0.2) is 11.5 Å². The topological polar surface area (TPSA) is 82.7 Å². The van der Waals surface area contributed by atoms with E-state index in [9.17, 15) is 49.6 Å². The second kappa shape index (κ2) is 10.5. The molecule has 19 heteroatoms. The molecule has 0 saturated carbocycles. The van der Waals surface area contributed by atoms with Crippen molar-refractivity contribution in [3.63, 3.8) is 0 Å². The van der Waals surface area contributed by atoms with E-state index >= 15 is 0 Å². The number of urea groups is 1. The maximum atomic E-state index is 13.9. The van der Waals surface area contributed by atoms with E-state index in [-0.39, 0.29) is 4.68 Å². The van der Waals surface area contributed by atoms with Gasteiger partial charge in [-0.1, -0.05) is 46.4 Å². The van der Waals surface area contributed by atoms with Crippen molar-refractivity contribution in [2.24, 2.45) is 0 Å². The van der Waals surface area contributed by atoms with Crippen LogP contribution in [0.25, 0.3) is 5.69 Å². The Morgan fingerprint density at radius 2 is 1.21 bits per heavy atom. The van der Waals surface area contributed by atoms with Gasteiger partial charge in [0.05, 0.1) is 36.9 Å². The molecule has 0 unspecified atom stereocenters. The first-order valence-corrected chi connectivity index (χ1v) is 11.1. The van der Waals surface area contributed by atoms with Crippen LogP contribution in [-0.4, -0.2) is 15.8 Å². The molecule has 0 aliphatic carbocycles. The summed E-state index contributed by atoms with van der Waals surface area (Å²) in [6.45, 7) is 0. The van der Waals surface area contributed by atoms with Gasteiger partial charge in [0.25, 0.3) is 0 Å². The SMILES string of the molecule is N#Cc1nn(-c2c(Cl)cc(C(F)(F)F)cc2Cl)c(NC(=O)Nc2c(Cl)cc(C(F)(F)F)cc2Cl)c1C(F)(F)F. The summed E-state index contributed by atoms with van der Waals surface area (Å²) in [6, 6.07) is 0.929. The van der Waals surface area contributed by atoms with Gasteiger partial charge >= 0.3 is 24.6 Å². The molecule has 208 valence electrons. The lowest BCUT2D eigenvalue weighted by atomic mass is 10.2. The smallest absolute Gasteiger partial charge is 0.305 e. The minimum atomic E-state index is -5.37. The van der Waals surface area contributed by atoms with Crippen LogP contribution < -0.4 is 10.6 Å². The second-order valence-corrected chi connectivity index (χ2v) is 8.90.